The highest BCUT2D eigenvalue weighted by atomic mass is 32.2. The highest BCUT2D eigenvalue weighted by molar-refractivity contribution is 7.90. The first-order valence-corrected chi connectivity index (χ1v) is 8.86. The summed E-state index contributed by atoms with van der Waals surface area (Å²) in [6, 6.07) is 3.40. The van der Waals surface area contributed by atoms with E-state index in [1.807, 2.05) is 6.92 Å². The van der Waals surface area contributed by atoms with Gasteiger partial charge in [0.25, 0.3) is 0 Å². The van der Waals surface area contributed by atoms with Crippen molar-refractivity contribution in [3.05, 3.63) is 24.0 Å². The molecule has 0 amide bonds. The van der Waals surface area contributed by atoms with E-state index in [1.165, 1.54) is 4.31 Å². The van der Waals surface area contributed by atoms with Crippen molar-refractivity contribution >= 4 is 15.9 Å². The molecule has 0 aromatic carbocycles. The Morgan fingerprint density at radius 3 is 2.71 bits per heavy atom. The molecule has 0 radical (unpaired) electrons. The van der Waals surface area contributed by atoms with Crippen LogP contribution in [0.15, 0.2) is 18.3 Å². The van der Waals surface area contributed by atoms with Gasteiger partial charge in [0.2, 0.25) is 0 Å². The minimum atomic E-state index is -3.46. The third-order valence-electron chi connectivity index (χ3n) is 3.74. The summed E-state index contributed by atoms with van der Waals surface area (Å²) < 4.78 is 28.9. The fourth-order valence-corrected chi connectivity index (χ4v) is 3.77. The topological polar surface area (TPSA) is 74.3 Å². The van der Waals surface area contributed by atoms with Crippen LogP contribution in [0.2, 0.25) is 0 Å². The molecular weight excluding hydrogens is 288 g/mol. The fourth-order valence-electron chi connectivity index (χ4n) is 2.52. The van der Waals surface area contributed by atoms with Gasteiger partial charge in [-0.3, -0.25) is 9.71 Å². The minimum absolute atomic E-state index is 0.567. The van der Waals surface area contributed by atoms with Crippen molar-refractivity contribution < 1.29 is 8.42 Å². The van der Waals surface area contributed by atoms with Crippen LogP contribution in [0.5, 0.6) is 0 Å². The zero-order valence-corrected chi connectivity index (χ0v) is 13.5. The van der Waals surface area contributed by atoms with Gasteiger partial charge in [-0.05, 0) is 50.9 Å². The molecule has 0 aliphatic carbocycles. The quantitative estimate of drug-likeness (QED) is 0.832. The first-order chi connectivity index (χ1) is 10.0. The van der Waals surface area contributed by atoms with E-state index in [4.69, 9.17) is 0 Å². The lowest BCUT2D eigenvalue weighted by Crippen LogP contribution is -2.43. The third kappa shape index (κ3) is 4.66. The van der Waals surface area contributed by atoms with Gasteiger partial charge in [0.15, 0.2) is 0 Å². The van der Waals surface area contributed by atoms with Gasteiger partial charge in [-0.25, -0.2) is 0 Å². The molecule has 2 rings (SSSR count). The predicted molar refractivity (Wildman–Crippen MR) is 84.4 cm³/mol. The summed E-state index contributed by atoms with van der Waals surface area (Å²) >= 11 is 0. The van der Waals surface area contributed by atoms with Crippen LogP contribution >= 0.6 is 0 Å². The Morgan fingerprint density at radius 1 is 1.38 bits per heavy atom. The van der Waals surface area contributed by atoms with Crippen LogP contribution in [0.3, 0.4) is 0 Å². The molecule has 0 spiro atoms. The van der Waals surface area contributed by atoms with Gasteiger partial charge in [0.05, 0.1) is 5.69 Å². The van der Waals surface area contributed by atoms with Gasteiger partial charge in [0.1, 0.15) is 0 Å². The molecule has 1 saturated heterocycles. The molecular formula is C14H24N4O2S. The van der Waals surface area contributed by atoms with Crippen LogP contribution in [0.1, 0.15) is 25.5 Å². The first-order valence-electron chi connectivity index (χ1n) is 7.42. The summed E-state index contributed by atoms with van der Waals surface area (Å²) in [6.07, 6.45) is 3.42. The summed E-state index contributed by atoms with van der Waals surface area (Å²) in [6.45, 7) is 7.01. The maximum Gasteiger partial charge on any atom is 0.301 e. The van der Waals surface area contributed by atoms with E-state index in [-0.39, 0.29) is 0 Å². The number of rotatable bonds is 6. The molecule has 1 fully saturated rings. The van der Waals surface area contributed by atoms with Gasteiger partial charge in [-0.1, -0.05) is 6.92 Å². The average molecular weight is 312 g/mol. The number of pyridine rings is 1. The van der Waals surface area contributed by atoms with Crippen LogP contribution in [0.4, 0.5) is 5.69 Å². The molecule has 6 nitrogen and oxygen atoms in total. The van der Waals surface area contributed by atoms with Crippen molar-refractivity contribution in [3.8, 4) is 0 Å². The number of hydrogen-bond donors (Lipinski definition) is 2. The fraction of sp³-hybridized carbons (Fsp3) is 0.643. The molecule has 1 aliphatic heterocycles. The van der Waals surface area contributed by atoms with E-state index in [0.29, 0.717) is 24.7 Å². The lowest BCUT2D eigenvalue weighted by Gasteiger charge is -2.31. The van der Waals surface area contributed by atoms with Crippen molar-refractivity contribution in [2.75, 3.05) is 30.9 Å². The number of anilines is 1. The SMILES string of the molecule is CCNCC1CCN(S(=O)(=O)Nc2ccnc(C)c2)CC1. The normalized spacial score (nSPS) is 17.8. The standard InChI is InChI=1S/C14H24N4O2S/c1-3-15-11-13-5-8-18(9-6-13)21(19,20)17-14-4-7-16-12(2)10-14/h4,7,10,13,15H,3,5-6,8-9,11H2,1-2H3,(H,16,17). The number of nitrogens with one attached hydrogen (secondary N) is 2. The van der Waals surface area contributed by atoms with Crippen LogP contribution < -0.4 is 10.0 Å². The van der Waals surface area contributed by atoms with Gasteiger partial charge in [0, 0.05) is 25.0 Å². The van der Waals surface area contributed by atoms with E-state index >= 15 is 0 Å². The Morgan fingerprint density at radius 2 is 2.10 bits per heavy atom. The van der Waals surface area contributed by atoms with Crippen LogP contribution in [0.25, 0.3) is 0 Å². The van der Waals surface area contributed by atoms with Gasteiger partial charge in [-0.2, -0.15) is 12.7 Å². The molecule has 2 heterocycles. The predicted octanol–water partition coefficient (Wildman–Crippen LogP) is 1.37. The second kappa shape index (κ2) is 7.20. The Hall–Kier alpha value is -1.18. The second-order valence-electron chi connectivity index (χ2n) is 5.44. The molecule has 1 aromatic rings. The summed E-state index contributed by atoms with van der Waals surface area (Å²) in [5.74, 6) is 0.569. The summed E-state index contributed by atoms with van der Waals surface area (Å²) in [7, 11) is -3.46. The minimum Gasteiger partial charge on any atom is -0.317 e. The highest BCUT2D eigenvalue weighted by Gasteiger charge is 2.27. The van der Waals surface area contributed by atoms with Gasteiger partial charge >= 0.3 is 10.2 Å². The number of piperidine rings is 1. The Bertz CT molecular complexity index is 554. The summed E-state index contributed by atoms with van der Waals surface area (Å²) in [5.41, 5.74) is 1.36. The van der Waals surface area contributed by atoms with Crippen LogP contribution in [0, 0.1) is 12.8 Å². The molecule has 0 saturated carbocycles. The Labute approximate surface area is 127 Å². The monoisotopic (exact) mass is 312 g/mol. The van der Waals surface area contributed by atoms with E-state index in [0.717, 1.165) is 31.6 Å². The van der Waals surface area contributed by atoms with E-state index in [1.54, 1.807) is 18.3 Å². The largest absolute Gasteiger partial charge is 0.317 e. The number of hydrogen-bond acceptors (Lipinski definition) is 4. The third-order valence-corrected chi connectivity index (χ3v) is 5.28. The first kappa shape index (κ1) is 16.2. The van der Waals surface area contributed by atoms with Gasteiger partial charge < -0.3 is 5.32 Å². The lowest BCUT2D eigenvalue weighted by atomic mass is 9.98. The average Bonchev–Trinajstić information content (AvgIpc) is 2.45. The van der Waals surface area contributed by atoms with Crippen molar-refractivity contribution in [2.45, 2.75) is 26.7 Å². The lowest BCUT2D eigenvalue weighted by molar-refractivity contribution is 0.269. The van der Waals surface area contributed by atoms with Crippen LogP contribution in [-0.4, -0.2) is 43.9 Å². The number of aryl methyl sites for hydroxylation is 1. The van der Waals surface area contributed by atoms with E-state index < -0.39 is 10.2 Å². The van der Waals surface area contributed by atoms with Crippen molar-refractivity contribution in [2.24, 2.45) is 5.92 Å². The summed E-state index contributed by atoms with van der Waals surface area (Å²) in [5, 5.41) is 3.33. The molecule has 1 aliphatic rings. The van der Waals surface area contributed by atoms with E-state index in [9.17, 15) is 8.42 Å². The Balaban J connectivity index is 1.92. The van der Waals surface area contributed by atoms with Gasteiger partial charge in [-0.15, -0.1) is 0 Å². The molecule has 0 atom stereocenters. The molecule has 0 unspecified atom stereocenters. The zero-order valence-electron chi connectivity index (χ0n) is 12.7. The number of nitrogens with zero attached hydrogens (tertiary/aromatic N) is 2. The van der Waals surface area contributed by atoms with Crippen LogP contribution in [-0.2, 0) is 10.2 Å². The smallest absolute Gasteiger partial charge is 0.301 e. The molecule has 118 valence electrons. The van der Waals surface area contributed by atoms with Crippen molar-refractivity contribution in [1.29, 1.82) is 0 Å². The van der Waals surface area contributed by atoms with E-state index in [2.05, 4.69) is 21.9 Å². The molecule has 7 heteroatoms. The van der Waals surface area contributed by atoms with Crippen molar-refractivity contribution in [3.63, 3.8) is 0 Å². The highest BCUT2D eigenvalue weighted by Crippen LogP contribution is 2.20. The molecule has 0 bridgehead atoms. The Kier molecular flexibility index (Phi) is 5.55. The maximum atomic E-state index is 12.4. The second-order valence-corrected chi connectivity index (χ2v) is 7.11. The maximum absolute atomic E-state index is 12.4. The van der Waals surface area contributed by atoms with Crippen molar-refractivity contribution in [1.82, 2.24) is 14.6 Å². The summed E-state index contributed by atoms with van der Waals surface area (Å²) in [4.78, 5) is 4.07. The zero-order chi connectivity index (χ0) is 15.3. The molecule has 21 heavy (non-hydrogen) atoms. The molecule has 2 N–H and O–H groups in total. The molecule has 1 aromatic heterocycles. The number of aromatic nitrogens is 1.